The minimum atomic E-state index is -0.529. The number of halogens is 1. The normalized spacial score (nSPS) is 15.4. The molecule has 28 heavy (non-hydrogen) atoms. The van der Waals surface area contributed by atoms with E-state index < -0.39 is 11.2 Å². The van der Waals surface area contributed by atoms with Crippen LogP contribution in [0.2, 0.25) is 5.02 Å². The molecule has 0 N–H and O–H groups in total. The van der Waals surface area contributed by atoms with Gasteiger partial charge in [0.2, 0.25) is 0 Å². The van der Waals surface area contributed by atoms with Crippen LogP contribution in [0.5, 0.6) is 0 Å². The predicted octanol–water partition coefficient (Wildman–Crippen LogP) is 4.28. The Morgan fingerprint density at radius 3 is 2.07 bits per heavy atom. The van der Waals surface area contributed by atoms with Gasteiger partial charge < -0.3 is 19.3 Å². The largest absolute Gasteiger partial charge is 0.460 e. The molecule has 0 radical (unpaired) electrons. The second-order valence-electron chi connectivity index (χ2n) is 8.99. The van der Waals surface area contributed by atoms with Crippen molar-refractivity contribution >= 4 is 29.4 Å². The highest BCUT2D eigenvalue weighted by Crippen LogP contribution is 2.26. The zero-order valence-electron chi connectivity index (χ0n) is 17.7. The van der Waals surface area contributed by atoms with Gasteiger partial charge in [0.15, 0.2) is 0 Å². The molecule has 1 aliphatic heterocycles. The second kappa shape index (κ2) is 8.60. The Bertz CT molecular complexity index is 714. The number of amides is 1. The fourth-order valence-corrected chi connectivity index (χ4v) is 3.08. The van der Waals surface area contributed by atoms with E-state index in [0.29, 0.717) is 31.2 Å². The third-order valence-electron chi connectivity index (χ3n) is 4.08. The average Bonchev–Trinajstić information content (AvgIpc) is 2.54. The highest BCUT2D eigenvalue weighted by atomic mass is 35.5. The lowest BCUT2D eigenvalue weighted by Gasteiger charge is -2.37. The van der Waals surface area contributed by atoms with E-state index in [1.165, 1.54) is 0 Å². The lowest BCUT2D eigenvalue weighted by molar-refractivity contribution is -0.153. The number of hydrogen-bond donors (Lipinski definition) is 0. The SMILES string of the molecule is CC(C)(C)OC(=O)Cc1cc(N2CCN(C(=O)OC(C)(C)C)CC2)ccc1Cl. The van der Waals surface area contributed by atoms with Gasteiger partial charge in [-0.25, -0.2) is 4.79 Å². The molecule has 1 fully saturated rings. The van der Waals surface area contributed by atoms with Gasteiger partial charge in [0.25, 0.3) is 0 Å². The van der Waals surface area contributed by atoms with Crippen LogP contribution in [-0.4, -0.2) is 54.3 Å². The molecule has 1 heterocycles. The molecule has 156 valence electrons. The summed E-state index contributed by atoms with van der Waals surface area (Å²) in [4.78, 5) is 28.3. The summed E-state index contributed by atoms with van der Waals surface area (Å²) < 4.78 is 10.8. The molecule has 1 aromatic carbocycles. The molecule has 1 aromatic rings. The molecule has 0 spiro atoms. The van der Waals surface area contributed by atoms with E-state index in [1.54, 1.807) is 11.0 Å². The summed E-state index contributed by atoms with van der Waals surface area (Å²) in [5, 5.41) is 0.544. The van der Waals surface area contributed by atoms with Crippen LogP contribution < -0.4 is 4.90 Å². The maximum Gasteiger partial charge on any atom is 0.410 e. The van der Waals surface area contributed by atoms with E-state index in [9.17, 15) is 9.59 Å². The van der Waals surface area contributed by atoms with Crippen molar-refractivity contribution in [2.24, 2.45) is 0 Å². The topological polar surface area (TPSA) is 59.1 Å². The molecule has 0 aliphatic carbocycles. The van der Waals surface area contributed by atoms with Crippen LogP contribution >= 0.6 is 11.6 Å². The highest BCUT2D eigenvalue weighted by Gasteiger charge is 2.26. The van der Waals surface area contributed by atoms with Crippen LogP contribution in [0.4, 0.5) is 10.5 Å². The Morgan fingerprint density at radius 1 is 0.964 bits per heavy atom. The van der Waals surface area contributed by atoms with Crippen molar-refractivity contribution in [3.05, 3.63) is 28.8 Å². The van der Waals surface area contributed by atoms with E-state index in [-0.39, 0.29) is 18.5 Å². The predicted molar refractivity (Wildman–Crippen MR) is 111 cm³/mol. The molecule has 0 saturated carbocycles. The lowest BCUT2D eigenvalue weighted by Crippen LogP contribution is -2.50. The minimum absolute atomic E-state index is 0.127. The first kappa shape index (κ1) is 22.3. The molecule has 0 atom stereocenters. The van der Waals surface area contributed by atoms with E-state index in [2.05, 4.69) is 4.90 Å². The summed E-state index contributed by atoms with van der Waals surface area (Å²) >= 11 is 6.28. The fourth-order valence-electron chi connectivity index (χ4n) is 2.90. The van der Waals surface area contributed by atoms with Gasteiger partial charge in [-0.2, -0.15) is 0 Å². The van der Waals surface area contributed by atoms with Gasteiger partial charge in [0, 0.05) is 36.9 Å². The summed E-state index contributed by atoms with van der Waals surface area (Å²) in [6, 6.07) is 5.66. The zero-order valence-corrected chi connectivity index (χ0v) is 18.4. The number of anilines is 1. The smallest absolute Gasteiger partial charge is 0.410 e. The number of benzene rings is 1. The summed E-state index contributed by atoms with van der Waals surface area (Å²) in [6.45, 7) is 13.6. The first-order valence-electron chi connectivity index (χ1n) is 9.57. The third kappa shape index (κ3) is 6.89. The molecule has 0 bridgehead atoms. The van der Waals surface area contributed by atoms with Crippen LogP contribution in [0.3, 0.4) is 0 Å². The van der Waals surface area contributed by atoms with Crippen molar-refractivity contribution < 1.29 is 19.1 Å². The van der Waals surface area contributed by atoms with Crippen molar-refractivity contribution in [2.45, 2.75) is 59.2 Å². The second-order valence-corrected chi connectivity index (χ2v) is 9.40. The van der Waals surface area contributed by atoms with Crippen LogP contribution in [0.15, 0.2) is 18.2 Å². The quantitative estimate of drug-likeness (QED) is 0.696. The number of hydrogen-bond acceptors (Lipinski definition) is 5. The van der Waals surface area contributed by atoms with Crippen LogP contribution in [-0.2, 0) is 20.7 Å². The van der Waals surface area contributed by atoms with Gasteiger partial charge in [-0.05, 0) is 65.3 Å². The maximum absolute atomic E-state index is 12.2. The number of piperazine rings is 1. The Labute approximate surface area is 172 Å². The van der Waals surface area contributed by atoms with E-state index in [1.807, 2.05) is 53.7 Å². The molecule has 1 aliphatic rings. The number of rotatable bonds is 3. The number of esters is 1. The van der Waals surface area contributed by atoms with Crippen LogP contribution in [0, 0.1) is 0 Å². The van der Waals surface area contributed by atoms with E-state index >= 15 is 0 Å². The van der Waals surface area contributed by atoms with Gasteiger partial charge >= 0.3 is 12.1 Å². The highest BCUT2D eigenvalue weighted by molar-refractivity contribution is 6.31. The Balaban J connectivity index is 2.00. The van der Waals surface area contributed by atoms with Crippen LogP contribution in [0.1, 0.15) is 47.1 Å². The van der Waals surface area contributed by atoms with Crippen molar-refractivity contribution in [1.29, 1.82) is 0 Å². The third-order valence-corrected chi connectivity index (χ3v) is 4.45. The zero-order chi connectivity index (χ0) is 21.1. The molecule has 1 saturated heterocycles. The van der Waals surface area contributed by atoms with Crippen molar-refractivity contribution in [1.82, 2.24) is 4.90 Å². The number of nitrogens with zero attached hydrogens (tertiary/aromatic N) is 2. The Morgan fingerprint density at radius 2 is 1.54 bits per heavy atom. The number of carbonyl (C=O) groups excluding carboxylic acids is 2. The maximum atomic E-state index is 12.2. The molecular weight excluding hydrogens is 380 g/mol. The van der Waals surface area contributed by atoms with Gasteiger partial charge in [0.1, 0.15) is 11.2 Å². The molecule has 7 heteroatoms. The molecule has 6 nitrogen and oxygen atoms in total. The van der Waals surface area contributed by atoms with E-state index in [4.69, 9.17) is 21.1 Å². The number of carbonyl (C=O) groups is 2. The molecule has 0 unspecified atom stereocenters. The summed E-state index contributed by atoms with van der Waals surface area (Å²) in [7, 11) is 0. The van der Waals surface area contributed by atoms with E-state index in [0.717, 1.165) is 11.3 Å². The van der Waals surface area contributed by atoms with Gasteiger partial charge in [0.05, 0.1) is 6.42 Å². The summed E-state index contributed by atoms with van der Waals surface area (Å²) in [5.74, 6) is -0.304. The van der Waals surface area contributed by atoms with Crippen LogP contribution in [0.25, 0.3) is 0 Å². The van der Waals surface area contributed by atoms with Crippen molar-refractivity contribution in [3.63, 3.8) is 0 Å². The fraction of sp³-hybridized carbons (Fsp3) is 0.619. The first-order chi connectivity index (χ1) is 12.8. The first-order valence-corrected chi connectivity index (χ1v) is 9.95. The summed E-state index contributed by atoms with van der Waals surface area (Å²) in [5.41, 5.74) is 0.690. The van der Waals surface area contributed by atoms with Crippen molar-refractivity contribution in [3.8, 4) is 0 Å². The lowest BCUT2D eigenvalue weighted by atomic mass is 10.1. The molecule has 2 rings (SSSR count). The van der Waals surface area contributed by atoms with Gasteiger partial charge in [-0.1, -0.05) is 11.6 Å². The van der Waals surface area contributed by atoms with Gasteiger partial charge in [-0.3, -0.25) is 4.79 Å². The molecular formula is C21H31ClN2O4. The van der Waals surface area contributed by atoms with Gasteiger partial charge in [-0.15, -0.1) is 0 Å². The Kier molecular flexibility index (Phi) is 6.86. The molecule has 0 aromatic heterocycles. The van der Waals surface area contributed by atoms with Crippen molar-refractivity contribution in [2.75, 3.05) is 31.1 Å². The number of ether oxygens (including phenoxy) is 2. The average molecular weight is 411 g/mol. The summed E-state index contributed by atoms with van der Waals surface area (Å²) in [6.07, 6.45) is -0.157. The molecule has 1 amide bonds. The standard InChI is InChI=1S/C21H31ClN2O4/c1-20(2,3)27-18(25)14-15-13-16(7-8-17(15)22)23-9-11-24(12-10-23)19(26)28-21(4,5)6/h7-8,13H,9-12,14H2,1-6H3. The minimum Gasteiger partial charge on any atom is -0.460 e. The Hall–Kier alpha value is -1.95. The monoisotopic (exact) mass is 410 g/mol.